The van der Waals surface area contributed by atoms with Crippen molar-refractivity contribution in [3.05, 3.63) is 23.9 Å². The molecule has 4 nitrogen and oxygen atoms in total. The summed E-state index contributed by atoms with van der Waals surface area (Å²) in [5.74, 6) is 1.02. The molecule has 18 heavy (non-hydrogen) atoms. The van der Waals surface area contributed by atoms with Crippen LogP contribution in [0.15, 0.2) is 18.3 Å². The van der Waals surface area contributed by atoms with Gasteiger partial charge in [-0.3, -0.25) is 9.69 Å². The second-order valence-corrected chi connectivity index (χ2v) is 4.88. The lowest BCUT2D eigenvalue weighted by molar-refractivity contribution is 0.101. The van der Waals surface area contributed by atoms with Crippen LogP contribution in [-0.2, 0) is 0 Å². The summed E-state index contributed by atoms with van der Waals surface area (Å²) in [6, 6.07) is 4.21. The Morgan fingerprint density at radius 2 is 2.28 bits per heavy atom. The highest BCUT2D eigenvalue weighted by Crippen LogP contribution is 2.18. The third-order valence-electron chi connectivity index (χ3n) is 3.65. The van der Waals surface area contributed by atoms with Crippen LogP contribution in [0, 0.1) is 0 Å². The van der Waals surface area contributed by atoms with E-state index in [0.717, 1.165) is 37.6 Å². The number of aromatic nitrogens is 1. The van der Waals surface area contributed by atoms with Crippen LogP contribution in [0.4, 0.5) is 5.82 Å². The first kappa shape index (κ1) is 13.0. The van der Waals surface area contributed by atoms with Gasteiger partial charge >= 0.3 is 0 Å². The lowest BCUT2D eigenvalue weighted by atomic mass is 10.1. The lowest BCUT2D eigenvalue weighted by Crippen LogP contribution is -2.52. The molecule has 1 aromatic rings. The molecule has 1 atom stereocenters. The average Bonchev–Trinajstić information content (AvgIpc) is 2.38. The van der Waals surface area contributed by atoms with Crippen LogP contribution >= 0.6 is 0 Å². The number of carbonyl (C=O) groups is 1. The Balaban J connectivity index is 2.13. The minimum absolute atomic E-state index is 0.0962. The summed E-state index contributed by atoms with van der Waals surface area (Å²) in [5.41, 5.74) is 0.741. The number of rotatable bonds is 3. The van der Waals surface area contributed by atoms with Gasteiger partial charge in [0.15, 0.2) is 5.78 Å². The van der Waals surface area contributed by atoms with Crippen molar-refractivity contribution >= 4 is 11.6 Å². The van der Waals surface area contributed by atoms with Gasteiger partial charge in [-0.2, -0.15) is 0 Å². The maximum Gasteiger partial charge on any atom is 0.159 e. The fraction of sp³-hybridized carbons (Fsp3) is 0.571. The van der Waals surface area contributed by atoms with Crippen molar-refractivity contribution in [3.63, 3.8) is 0 Å². The first-order valence-corrected chi connectivity index (χ1v) is 6.57. The van der Waals surface area contributed by atoms with Crippen molar-refractivity contribution in [1.29, 1.82) is 0 Å². The smallest absolute Gasteiger partial charge is 0.159 e. The van der Waals surface area contributed by atoms with Gasteiger partial charge in [0, 0.05) is 37.4 Å². The summed E-state index contributed by atoms with van der Waals surface area (Å²) < 4.78 is 0. The van der Waals surface area contributed by atoms with Gasteiger partial charge in [0.2, 0.25) is 0 Å². The zero-order chi connectivity index (χ0) is 13.1. The molecule has 1 unspecified atom stereocenters. The number of nitrogens with zero attached hydrogens (tertiary/aromatic N) is 3. The zero-order valence-electron chi connectivity index (χ0n) is 11.4. The second kappa shape index (κ2) is 5.48. The van der Waals surface area contributed by atoms with E-state index in [1.807, 2.05) is 6.07 Å². The Kier molecular flexibility index (Phi) is 3.97. The predicted molar refractivity (Wildman–Crippen MR) is 73.2 cm³/mol. The number of piperazine rings is 1. The Labute approximate surface area is 109 Å². The molecule has 0 amide bonds. The van der Waals surface area contributed by atoms with Crippen LogP contribution in [0.3, 0.4) is 0 Å². The molecule has 2 heterocycles. The molecule has 0 N–H and O–H groups in total. The summed E-state index contributed by atoms with van der Waals surface area (Å²) >= 11 is 0. The van der Waals surface area contributed by atoms with Crippen molar-refractivity contribution in [2.45, 2.75) is 26.8 Å². The number of anilines is 1. The summed E-state index contributed by atoms with van der Waals surface area (Å²) in [5, 5.41) is 0. The summed E-state index contributed by atoms with van der Waals surface area (Å²) in [6.45, 7) is 10.1. The van der Waals surface area contributed by atoms with E-state index in [4.69, 9.17) is 0 Å². The molecule has 1 saturated heterocycles. The predicted octanol–water partition coefficient (Wildman–Crippen LogP) is 1.81. The first-order chi connectivity index (χ1) is 8.61. The van der Waals surface area contributed by atoms with Gasteiger partial charge in [-0.1, -0.05) is 6.92 Å². The van der Waals surface area contributed by atoms with E-state index >= 15 is 0 Å². The van der Waals surface area contributed by atoms with Crippen molar-refractivity contribution < 1.29 is 4.79 Å². The van der Waals surface area contributed by atoms with E-state index in [0.29, 0.717) is 6.04 Å². The van der Waals surface area contributed by atoms with Gasteiger partial charge in [-0.05, 0) is 32.5 Å². The average molecular weight is 247 g/mol. The fourth-order valence-corrected chi connectivity index (χ4v) is 2.48. The van der Waals surface area contributed by atoms with Crippen LogP contribution in [0.2, 0.25) is 0 Å². The van der Waals surface area contributed by atoms with E-state index in [-0.39, 0.29) is 5.78 Å². The largest absolute Gasteiger partial charge is 0.354 e. The molecule has 1 aliphatic rings. The van der Waals surface area contributed by atoms with Crippen LogP contribution < -0.4 is 4.90 Å². The van der Waals surface area contributed by atoms with Crippen LogP contribution in [0.1, 0.15) is 31.1 Å². The highest BCUT2D eigenvalue weighted by Gasteiger charge is 2.23. The zero-order valence-corrected chi connectivity index (χ0v) is 11.4. The quantitative estimate of drug-likeness (QED) is 0.763. The van der Waals surface area contributed by atoms with Crippen molar-refractivity contribution in [3.8, 4) is 0 Å². The SMILES string of the molecule is CCN1CCN(c2cc(C(C)=O)ccn2)CC1C. The van der Waals surface area contributed by atoms with Gasteiger partial charge < -0.3 is 4.90 Å². The molecule has 0 radical (unpaired) electrons. The molecule has 0 bridgehead atoms. The van der Waals surface area contributed by atoms with Crippen molar-refractivity contribution in [2.24, 2.45) is 0 Å². The number of pyridine rings is 1. The molecule has 4 heteroatoms. The number of hydrogen-bond donors (Lipinski definition) is 0. The molecular weight excluding hydrogens is 226 g/mol. The van der Waals surface area contributed by atoms with E-state index in [1.165, 1.54) is 0 Å². The number of Topliss-reactive ketones (excluding diaryl/α,β-unsaturated/α-hetero) is 1. The van der Waals surface area contributed by atoms with Crippen molar-refractivity contribution in [1.82, 2.24) is 9.88 Å². The molecule has 98 valence electrons. The maximum absolute atomic E-state index is 11.4. The van der Waals surface area contributed by atoms with E-state index in [1.54, 1.807) is 19.2 Å². The summed E-state index contributed by atoms with van der Waals surface area (Å²) in [6.07, 6.45) is 1.73. The van der Waals surface area contributed by atoms with E-state index in [9.17, 15) is 4.79 Å². The molecule has 0 aliphatic carbocycles. The van der Waals surface area contributed by atoms with Crippen molar-refractivity contribution in [2.75, 3.05) is 31.1 Å². The highest BCUT2D eigenvalue weighted by molar-refractivity contribution is 5.94. The molecular formula is C14H21N3O. The third kappa shape index (κ3) is 2.70. The fourth-order valence-electron chi connectivity index (χ4n) is 2.48. The molecule has 1 aromatic heterocycles. The molecule has 2 rings (SSSR count). The Hall–Kier alpha value is -1.42. The lowest BCUT2D eigenvalue weighted by Gasteiger charge is -2.39. The molecule has 0 saturated carbocycles. The van der Waals surface area contributed by atoms with Gasteiger partial charge in [-0.15, -0.1) is 0 Å². The first-order valence-electron chi connectivity index (χ1n) is 6.57. The van der Waals surface area contributed by atoms with E-state index in [2.05, 4.69) is 28.6 Å². The molecule has 1 aliphatic heterocycles. The third-order valence-corrected chi connectivity index (χ3v) is 3.65. The highest BCUT2D eigenvalue weighted by atomic mass is 16.1. The number of ketones is 1. The molecule has 0 aromatic carbocycles. The maximum atomic E-state index is 11.4. The van der Waals surface area contributed by atoms with Gasteiger partial charge in [0.1, 0.15) is 5.82 Å². The van der Waals surface area contributed by atoms with Gasteiger partial charge in [0.25, 0.3) is 0 Å². The summed E-state index contributed by atoms with van der Waals surface area (Å²) in [7, 11) is 0. The number of likely N-dealkylation sites (N-methyl/N-ethyl adjacent to an activating group) is 1. The topological polar surface area (TPSA) is 36.4 Å². The second-order valence-electron chi connectivity index (χ2n) is 4.88. The summed E-state index contributed by atoms with van der Waals surface area (Å²) in [4.78, 5) is 20.5. The van der Waals surface area contributed by atoms with E-state index < -0.39 is 0 Å². The van der Waals surface area contributed by atoms with Gasteiger partial charge in [0.05, 0.1) is 0 Å². The van der Waals surface area contributed by atoms with Gasteiger partial charge in [-0.25, -0.2) is 4.98 Å². The monoisotopic (exact) mass is 247 g/mol. The number of hydrogen-bond acceptors (Lipinski definition) is 4. The number of carbonyl (C=O) groups excluding carboxylic acids is 1. The minimum Gasteiger partial charge on any atom is -0.354 e. The normalized spacial score (nSPS) is 21.1. The Morgan fingerprint density at radius 1 is 1.50 bits per heavy atom. The van der Waals surface area contributed by atoms with Crippen LogP contribution in [-0.4, -0.2) is 47.9 Å². The Morgan fingerprint density at radius 3 is 2.89 bits per heavy atom. The molecule has 1 fully saturated rings. The minimum atomic E-state index is 0.0962. The van der Waals surface area contributed by atoms with Crippen LogP contribution in [0.25, 0.3) is 0 Å². The molecule has 0 spiro atoms. The standard InChI is InChI=1S/C14H21N3O/c1-4-16-7-8-17(10-11(16)2)14-9-13(12(3)18)5-6-15-14/h5-6,9,11H,4,7-8,10H2,1-3H3. The van der Waals surface area contributed by atoms with Crippen LogP contribution in [0.5, 0.6) is 0 Å². The Bertz CT molecular complexity index is 433.